The molecule has 5 heteroatoms. The zero-order chi connectivity index (χ0) is 11.8. The average molecular weight is 251 g/mol. The lowest BCUT2D eigenvalue weighted by atomic mass is 10.0. The van der Waals surface area contributed by atoms with Crippen molar-refractivity contribution in [2.45, 2.75) is 25.7 Å². The van der Waals surface area contributed by atoms with E-state index in [9.17, 15) is 0 Å². The molecule has 0 bridgehead atoms. The summed E-state index contributed by atoms with van der Waals surface area (Å²) in [4.78, 5) is 4.57. The van der Waals surface area contributed by atoms with Crippen molar-refractivity contribution in [3.63, 3.8) is 0 Å². The molecule has 0 radical (unpaired) electrons. The Hall–Kier alpha value is -1.13. The van der Waals surface area contributed by atoms with E-state index in [0.717, 1.165) is 37.4 Å². The number of nitrogens with one attached hydrogen (secondary N) is 1. The second-order valence-corrected chi connectivity index (χ2v) is 4.92. The van der Waals surface area contributed by atoms with Crippen LogP contribution in [0.25, 0.3) is 5.65 Å². The van der Waals surface area contributed by atoms with Crippen molar-refractivity contribution >= 4 is 17.2 Å². The summed E-state index contributed by atoms with van der Waals surface area (Å²) in [6.07, 6.45) is 2.14. The molecule has 0 aliphatic carbocycles. The number of aromatic nitrogens is 3. The molecule has 4 nitrogen and oxygen atoms in total. The van der Waals surface area contributed by atoms with Gasteiger partial charge in [0.2, 0.25) is 0 Å². The smallest absolute Gasteiger partial charge is 0.157 e. The van der Waals surface area contributed by atoms with Crippen LogP contribution in [-0.2, 0) is 6.42 Å². The molecule has 0 saturated carbocycles. The molecule has 1 N–H and O–H groups in total. The molecule has 1 fully saturated rings. The summed E-state index contributed by atoms with van der Waals surface area (Å²) < 4.78 is 1.73. The van der Waals surface area contributed by atoms with E-state index in [1.807, 2.05) is 6.07 Å². The molecule has 0 atom stereocenters. The lowest BCUT2D eigenvalue weighted by Gasteiger charge is -2.23. The number of nitrogens with zero attached hydrogens (tertiary/aromatic N) is 3. The van der Waals surface area contributed by atoms with Gasteiger partial charge in [0.15, 0.2) is 11.5 Å². The van der Waals surface area contributed by atoms with Crippen molar-refractivity contribution in [3.8, 4) is 0 Å². The Morgan fingerprint density at radius 3 is 2.94 bits per heavy atom. The third kappa shape index (κ3) is 1.91. The van der Waals surface area contributed by atoms with Gasteiger partial charge >= 0.3 is 0 Å². The van der Waals surface area contributed by atoms with E-state index < -0.39 is 0 Å². The highest BCUT2D eigenvalue weighted by molar-refractivity contribution is 6.29. The average Bonchev–Trinajstić information content (AvgIpc) is 2.59. The molecule has 1 aliphatic heterocycles. The molecule has 1 aliphatic rings. The van der Waals surface area contributed by atoms with Gasteiger partial charge in [-0.15, -0.1) is 5.10 Å². The number of hydrogen-bond donors (Lipinski definition) is 1. The molecule has 0 aromatic carbocycles. The zero-order valence-corrected chi connectivity index (χ0v) is 10.5. The Morgan fingerprint density at radius 2 is 2.29 bits per heavy atom. The highest BCUT2D eigenvalue weighted by Crippen LogP contribution is 2.21. The van der Waals surface area contributed by atoms with E-state index in [1.165, 1.54) is 5.56 Å². The summed E-state index contributed by atoms with van der Waals surface area (Å²) >= 11 is 6.22. The quantitative estimate of drug-likeness (QED) is 0.848. The summed E-state index contributed by atoms with van der Waals surface area (Å²) in [5, 5.41) is 8.35. The van der Waals surface area contributed by atoms with Crippen LogP contribution in [0.2, 0.25) is 5.15 Å². The van der Waals surface area contributed by atoms with E-state index in [1.54, 1.807) is 4.52 Å². The minimum absolute atomic E-state index is 0.445. The van der Waals surface area contributed by atoms with Gasteiger partial charge in [0.05, 0.1) is 0 Å². The van der Waals surface area contributed by atoms with E-state index in [-0.39, 0.29) is 0 Å². The number of fused-ring (bicyclic) bond motifs is 1. The summed E-state index contributed by atoms with van der Waals surface area (Å²) in [5.41, 5.74) is 2.10. The Morgan fingerprint density at radius 1 is 1.47 bits per heavy atom. The van der Waals surface area contributed by atoms with E-state index >= 15 is 0 Å². The molecule has 0 unspecified atom stereocenters. The summed E-state index contributed by atoms with van der Waals surface area (Å²) in [6, 6.07) is 4.06. The third-order valence-electron chi connectivity index (χ3n) is 3.16. The lowest BCUT2D eigenvalue weighted by Crippen LogP contribution is -2.40. The molecule has 3 heterocycles. The van der Waals surface area contributed by atoms with Crippen molar-refractivity contribution in [1.82, 2.24) is 19.9 Å². The van der Waals surface area contributed by atoms with Crippen LogP contribution in [0.3, 0.4) is 0 Å². The predicted molar refractivity (Wildman–Crippen MR) is 67.6 cm³/mol. The van der Waals surface area contributed by atoms with E-state index in [0.29, 0.717) is 11.1 Å². The highest BCUT2D eigenvalue weighted by Gasteiger charge is 2.23. The minimum Gasteiger partial charge on any atom is -0.315 e. The maximum atomic E-state index is 6.22. The Labute approximate surface area is 105 Å². The van der Waals surface area contributed by atoms with Crippen LogP contribution in [0.4, 0.5) is 0 Å². The van der Waals surface area contributed by atoms with Gasteiger partial charge in [-0.3, -0.25) is 0 Å². The van der Waals surface area contributed by atoms with Crippen LogP contribution in [0.1, 0.15) is 30.7 Å². The normalized spacial score (nSPS) is 16.4. The van der Waals surface area contributed by atoms with Crippen LogP contribution in [0, 0.1) is 0 Å². The fraction of sp³-hybridized carbons (Fsp3) is 0.500. The molecule has 17 heavy (non-hydrogen) atoms. The Kier molecular flexibility index (Phi) is 2.76. The van der Waals surface area contributed by atoms with Gasteiger partial charge in [0.1, 0.15) is 5.15 Å². The highest BCUT2D eigenvalue weighted by atomic mass is 35.5. The van der Waals surface area contributed by atoms with Crippen LogP contribution in [-0.4, -0.2) is 27.7 Å². The SMILES string of the molecule is CCCc1cc(Cl)n2nc(C3CNC3)nc2c1. The maximum Gasteiger partial charge on any atom is 0.157 e. The van der Waals surface area contributed by atoms with Crippen LogP contribution in [0.5, 0.6) is 0 Å². The predicted octanol–water partition coefficient (Wildman–Crippen LogP) is 2.02. The van der Waals surface area contributed by atoms with Gasteiger partial charge in [-0.1, -0.05) is 24.9 Å². The summed E-state index contributed by atoms with van der Waals surface area (Å²) in [7, 11) is 0. The topological polar surface area (TPSA) is 42.2 Å². The number of halogens is 1. The van der Waals surface area contributed by atoms with Gasteiger partial charge in [0, 0.05) is 19.0 Å². The molecule has 2 aromatic rings. The van der Waals surface area contributed by atoms with Gasteiger partial charge in [-0.2, -0.15) is 0 Å². The minimum atomic E-state index is 0.445. The maximum absolute atomic E-state index is 6.22. The van der Waals surface area contributed by atoms with Crippen LogP contribution >= 0.6 is 11.6 Å². The third-order valence-corrected chi connectivity index (χ3v) is 3.42. The van der Waals surface area contributed by atoms with Crippen molar-refractivity contribution in [2.75, 3.05) is 13.1 Å². The molecule has 0 amide bonds. The first-order chi connectivity index (χ1) is 8.28. The van der Waals surface area contributed by atoms with Crippen LogP contribution < -0.4 is 5.32 Å². The fourth-order valence-electron chi connectivity index (χ4n) is 2.09. The van der Waals surface area contributed by atoms with Crippen molar-refractivity contribution < 1.29 is 0 Å². The first-order valence-corrected chi connectivity index (χ1v) is 6.41. The second kappa shape index (κ2) is 4.27. The molecule has 1 saturated heterocycles. The van der Waals surface area contributed by atoms with Crippen LogP contribution in [0.15, 0.2) is 12.1 Å². The Balaban J connectivity index is 2.04. The first kappa shape index (κ1) is 11.0. The van der Waals surface area contributed by atoms with Crippen molar-refractivity contribution in [3.05, 3.63) is 28.7 Å². The number of rotatable bonds is 3. The monoisotopic (exact) mass is 250 g/mol. The Bertz CT molecular complexity index is 545. The standard InChI is InChI=1S/C12H15ClN4/c1-2-3-8-4-10(13)17-11(5-8)15-12(16-17)9-6-14-7-9/h4-5,9,14H,2-3,6-7H2,1H3. The molecular formula is C12H15ClN4. The summed E-state index contributed by atoms with van der Waals surface area (Å²) in [6.45, 7) is 4.10. The van der Waals surface area contributed by atoms with Gasteiger partial charge in [0.25, 0.3) is 0 Å². The van der Waals surface area contributed by atoms with Crippen molar-refractivity contribution in [2.24, 2.45) is 0 Å². The van der Waals surface area contributed by atoms with Gasteiger partial charge in [-0.25, -0.2) is 9.50 Å². The number of aryl methyl sites for hydroxylation is 1. The first-order valence-electron chi connectivity index (χ1n) is 6.03. The van der Waals surface area contributed by atoms with E-state index in [4.69, 9.17) is 11.6 Å². The second-order valence-electron chi connectivity index (χ2n) is 4.53. The number of pyridine rings is 1. The van der Waals surface area contributed by atoms with E-state index in [2.05, 4.69) is 28.4 Å². The zero-order valence-electron chi connectivity index (χ0n) is 9.78. The molecule has 3 rings (SSSR count). The molecular weight excluding hydrogens is 236 g/mol. The van der Waals surface area contributed by atoms with Gasteiger partial charge < -0.3 is 5.32 Å². The lowest BCUT2D eigenvalue weighted by molar-refractivity contribution is 0.430. The summed E-state index contributed by atoms with van der Waals surface area (Å²) in [5.74, 6) is 1.35. The van der Waals surface area contributed by atoms with Gasteiger partial charge in [-0.05, 0) is 24.1 Å². The number of hydrogen-bond acceptors (Lipinski definition) is 3. The largest absolute Gasteiger partial charge is 0.315 e. The fourth-order valence-corrected chi connectivity index (χ4v) is 2.35. The molecule has 90 valence electrons. The molecule has 2 aromatic heterocycles. The molecule has 0 spiro atoms. The van der Waals surface area contributed by atoms with Crippen molar-refractivity contribution in [1.29, 1.82) is 0 Å².